The lowest BCUT2D eigenvalue weighted by atomic mass is 10.1. The summed E-state index contributed by atoms with van der Waals surface area (Å²) in [7, 11) is 0. The van der Waals surface area contributed by atoms with Gasteiger partial charge in [0.25, 0.3) is 0 Å². The molecule has 0 bridgehead atoms. The van der Waals surface area contributed by atoms with Gasteiger partial charge in [-0.25, -0.2) is 4.98 Å². The van der Waals surface area contributed by atoms with Crippen molar-refractivity contribution in [2.24, 2.45) is 5.92 Å². The predicted octanol–water partition coefficient (Wildman–Crippen LogP) is 1.90. The molecule has 2 aromatic rings. The van der Waals surface area contributed by atoms with E-state index in [0.29, 0.717) is 11.8 Å². The number of rotatable bonds is 4. The monoisotopic (exact) mass is 264 g/mol. The average Bonchev–Trinajstić information content (AvgIpc) is 3.04. The molecule has 0 amide bonds. The van der Waals surface area contributed by atoms with Crippen LogP contribution in [-0.2, 0) is 13.0 Å². The molecule has 6 heteroatoms. The Morgan fingerprint density at radius 3 is 3.22 bits per heavy atom. The third-order valence-electron chi connectivity index (χ3n) is 3.25. The smallest absolute Gasteiger partial charge is 0.223 e. The van der Waals surface area contributed by atoms with Crippen molar-refractivity contribution in [1.29, 1.82) is 0 Å². The first-order valence-electron chi connectivity index (χ1n) is 6.19. The molecule has 2 aromatic heterocycles. The maximum absolute atomic E-state index is 4.99. The van der Waals surface area contributed by atoms with Gasteiger partial charge in [-0.1, -0.05) is 5.16 Å². The van der Waals surface area contributed by atoms with E-state index in [9.17, 15) is 0 Å². The van der Waals surface area contributed by atoms with Gasteiger partial charge in [0.2, 0.25) is 5.89 Å². The van der Waals surface area contributed by atoms with Crippen molar-refractivity contribution in [3.63, 3.8) is 0 Å². The Balaban J connectivity index is 1.52. The van der Waals surface area contributed by atoms with Gasteiger partial charge in [0.1, 0.15) is 0 Å². The van der Waals surface area contributed by atoms with E-state index in [1.165, 1.54) is 11.4 Å². The van der Waals surface area contributed by atoms with Crippen molar-refractivity contribution in [2.75, 3.05) is 13.1 Å². The molecule has 1 fully saturated rings. The molecule has 1 atom stereocenters. The van der Waals surface area contributed by atoms with Crippen LogP contribution in [0.4, 0.5) is 0 Å². The Bertz CT molecular complexity index is 496. The number of likely N-dealkylation sites (tertiary alicyclic amines) is 1. The van der Waals surface area contributed by atoms with E-state index in [1.54, 1.807) is 11.3 Å². The summed E-state index contributed by atoms with van der Waals surface area (Å²) in [6.45, 7) is 4.84. The Hall–Kier alpha value is -1.27. The Morgan fingerprint density at radius 2 is 2.50 bits per heavy atom. The maximum atomic E-state index is 4.99. The highest BCUT2D eigenvalue weighted by Gasteiger charge is 2.24. The van der Waals surface area contributed by atoms with Gasteiger partial charge in [-0.15, -0.1) is 11.3 Å². The van der Waals surface area contributed by atoms with Crippen molar-refractivity contribution < 1.29 is 4.52 Å². The molecule has 0 aliphatic carbocycles. The normalized spacial score (nSPS) is 20.6. The summed E-state index contributed by atoms with van der Waals surface area (Å²) in [5.74, 6) is 2.15. The second-order valence-electron chi connectivity index (χ2n) is 4.75. The summed E-state index contributed by atoms with van der Waals surface area (Å²) in [6, 6.07) is 0. The van der Waals surface area contributed by atoms with Gasteiger partial charge in [-0.3, -0.25) is 4.90 Å². The van der Waals surface area contributed by atoms with Crippen LogP contribution in [0, 0.1) is 12.8 Å². The van der Waals surface area contributed by atoms with Gasteiger partial charge in [0, 0.05) is 31.5 Å². The standard InChI is InChI=1S/C12H16N4OS/c1-9-14-11(15-17-9)8-16-4-2-10(7-16)6-12-13-3-5-18-12/h3,5,10H,2,4,6-8H2,1H3. The molecule has 18 heavy (non-hydrogen) atoms. The molecule has 3 heterocycles. The van der Waals surface area contributed by atoms with E-state index in [1.807, 2.05) is 18.5 Å². The second kappa shape index (κ2) is 5.16. The van der Waals surface area contributed by atoms with E-state index >= 15 is 0 Å². The minimum atomic E-state index is 0.642. The van der Waals surface area contributed by atoms with Gasteiger partial charge in [-0.05, 0) is 18.9 Å². The number of hydrogen-bond acceptors (Lipinski definition) is 6. The molecule has 1 saturated heterocycles. The molecule has 1 aliphatic rings. The first-order valence-corrected chi connectivity index (χ1v) is 7.07. The lowest BCUT2D eigenvalue weighted by Gasteiger charge is -2.12. The first kappa shape index (κ1) is 11.8. The summed E-state index contributed by atoms with van der Waals surface area (Å²) in [5, 5.41) is 7.24. The number of nitrogens with zero attached hydrogens (tertiary/aromatic N) is 4. The van der Waals surface area contributed by atoms with Crippen LogP contribution >= 0.6 is 11.3 Å². The highest BCUT2D eigenvalue weighted by atomic mass is 32.1. The van der Waals surface area contributed by atoms with Crippen molar-refractivity contribution in [3.05, 3.63) is 28.3 Å². The molecule has 0 saturated carbocycles. The second-order valence-corrected chi connectivity index (χ2v) is 5.73. The van der Waals surface area contributed by atoms with E-state index in [2.05, 4.69) is 20.0 Å². The molecule has 5 nitrogen and oxygen atoms in total. The van der Waals surface area contributed by atoms with Gasteiger partial charge in [0.15, 0.2) is 5.82 Å². The van der Waals surface area contributed by atoms with Crippen LogP contribution in [0.5, 0.6) is 0 Å². The number of hydrogen-bond donors (Lipinski definition) is 0. The zero-order chi connectivity index (χ0) is 12.4. The molecule has 0 radical (unpaired) electrons. The average molecular weight is 264 g/mol. The summed E-state index contributed by atoms with van der Waals surface area (Å²) in [4.78, 5) is 11.0. The van der Waals surface area contributed by atoms with Gasteiger partial charge < -0.3 is 4.52 Å². The van der Waals surface area contributed by atoms with Crippen LogP contribution in [0.2, 0.25) is 0 Å². The van der Waals surface area contributed by atoms with Gasteiger partial charge >= 0.3 is 0 Å². The molecule has 0 spiro atoms. The quantitative estimate of drug-likeness (QED) is 0.844. The highest BCUT2D eigenvalue weighted by Crippen LogP contribution is 2.22. The summed E-state index contributed by atoms with van der Waals surface area (Å²) >= 11 is 1.75. The molecule has 3 rings (SSSR count). The van der Waals surface area contributed by atoms with Crippen molar-refractivity contribution >= 4 is 11.3 Å². The molecule has 0 aromatic carbocycles. The number of thiazole rings is 1. The van der Waals surface area contributed by atoms with Crippen LogP contribution in [0.3, 0.4) is 0 Å². The molecule has 1 aliphatic heterocycles. The summed E-state index contributed by atoms with van der Waals surface area (Å²) in [5.41, 5.74) is 0. The Labute approximate surface area is 110 Å². The molecule has 0 N–H and O–H groups in total. The van der Waals surface area contributed by atoms with Crippen LogP contribution < -0.4 is 0 Å². The SMILES string of the molecule is Cc1nc(CN2CCC(Cc3nccs3)C2)no1. The third-order valence-corrected chi connectivity index (χ3v) is 4.05. The zero-order valence-electron chi connectivity index (χ0n) is 10.4. The lowest BCUT2D eigenvalue weighted by molar-refractivity contribution is 0.299. The van der Waals surface area contributed by atoms with E-state index in [4.69, 9.17) is 4.52 Å². The fraction of sp³-hybridized carbons (Fsp3) is 0.583. The minimum Gasteiger partial charge on any atom is -0.340 e. The third kappa shape index (κ3) is 2.76. The highest BCUT2D eigenvalue weighted by molar-refractivity contribution is 7.09. The molecular formula is C12H16N4OS. The zero-order valence-corrected chi connectivity index (χ0v) is 11.2. The van der Waals surface area contributed by atoms with Gasteiger partial charge in [-0.2, -0.15) is 4.98 Å². The fourth-order valence-corrected chi connectivity index (χ4v) is 3.16. The number of aryl methyl sites for hydroxylation is 1. The topological polar surface area (TPSA) is 55.1 Å². The first-order chi connectivity index (χ1) is 8.79. The summed E-state index contributed by atoms with van der Waals surface area (Å²) in [6.07, 6.45) is 4.21. The van der Waals surface area contributed by atoms with E-state index in [-0.39, 0.29) is 0 Å². The van der Waals surface area contributed by atoms with E-state index in [0.717, 1.165) is 31.9 Å². The van der Waals surface area contributed by atoms with Crippen molar-refractivity contribution in [2.45, 2.75) is 26.3 Å². The van der Waals surface area contributed by atoms with Crippen molar-refractivity contribution in [1.82, 2.24) is 20.0 Å². The largest absolute Gasteiger partial charge is 0.340 e. The van der Waals surface area contributed by atoms with Crippen molar-refractivity contribution in [3.8, 4) is 0 Å². The van der Waals surface area contributed by atoms with Crippen LogP contribution in [-0.4, -0.2) is 33.1 Å². The lowest BCUT2D eigenvalue weighted by Crippen LogP contribution is -2.21. The van der Waals surface area contributed by atoms with Crippen LogP contribution in [0.1, 0.15) is 23.1 Å². The van der Waals surface area contributed by atoms with Crippen LogP contribution in [0.15, 0.2) is 16.1 Å². The van der Waals surface area contributed by atoms with Crippen LogP contribution in [0.25, 0.3) is 0 Å². The summed E-state index contributed by atoms with van der Waals surface area (Å²) < 4.78 is 4.99. The number of aromatic nitrogens is 3. The van der Waals surface area contributed by atoms with Gasteiger partial charge in [0.05, 0.1) is 11.6 Å². The Morgan fingerprint density at radius 1 is 1.56 bits per heavy atom. The predicted molar refractivity (Wildman–Crippen MR) is 68.2 cm³/mol. The molecular weight excluding hydrogens is 248 g/mol. The maximum Gasteiger partial charge on any atom is 0.223 e. The van der Waals surface area contributed by atoms with E-state index < -0.39 is 0 Å². The molecule has 96 valence electrons. The fourth-order valence-electron chi connectivity index (χ4n) is 2.43. The Kier molecular flexibility index (Phi) is 3.38. The molecule has 1 unspecified atom stereocenters. The minimum absolute atomic E-state index is 0.642.